The summed E-state index contributed by atoms with van der Waals surface area (Å²) < 4.78 is 18.6. The fourth-order valence-corrected chi connectivity index (χ4v) is 3.03. The van der Waals surface area contributed by atoms with E-state index in [9.17, 15) is 9.18 Å². The van der Waals surface area contributed by atoms with Crippen LogP contribution in [0, 0.1) is 11.7 Å². The molecule has 0 aromatic heterocycles. The largest absolute Gasteiger partial charge is 0.381 e. The van der Waals surface area contributed by atoms with Crippen LogP contribution < -0.4 is 10.6 Å². The highest BCUT2D eigenvalue weighted by atomic mass is 35.5. The maximum atomic E-state index is 13.2. The summed E-state index contributed by atoms with van der Waals surface area (Å²) in [6, 6.07) is 6.31. The predicted octanol–water partition coefficient (Wildman–Crippen LogP) is 1.63. The van der Waals surface area contributed by atoms with E-state index in [0.717, 1.165) is 18.7 Å². The van der Waals surface area contributed by atoms with E-state index in [1.54, 1.807) is 12.1 Å². The minimum atomic E-state index is -0.580. The van der Waals surface area contributed by atoms with Crippen LogP contribution in [0.25, 0.3) is 0 Å². The zero-order valence-corrected chi connectivity index (χ0v) is 13.3. The number of amides is 1. The molecule has 6 heteroatoms. The molecule has 2 aliphatic rings. The van der Waals surface area contributed by atoms with Gasteiger partial charge in [0.2, 0.25) is 5.91 Å². The van der Waals surface area contributed by atoms with Crippen molar-refractivity contribution in [3.63, 3.8) is 0 Å². The number of benzene rings is 1. The first-order valence-corrected chi connectivity index (χ1v) is 7.53. The van der Waals surface area contributed by atoms with E-state index in [1.165, 1.54) is 12.1 Å². The maximum Gasteiger partial charge on any atom is 0.230 e. The van der Waals surface area contributed by atoms with Crippen LogP contribution in [0.1, 0.15) is 18.4 Å². The Balaban J connectivity index is 0.00000176. The summed E-state index contributed by atoms with van der Waals surface area (Å²) in [5.41, 5.74) is 0.305. The third-order valence-electron chi connectivity index (χ3n) is 4.60. The minimum absolute atomic E-state index is 0. The van der Waals surface area contributed by atoms with Crippen molar-refractivity contribution in [1.82, 2.24) is 10.6 Å². The van der Waals surface area contributed by atoms with Gasteiger partial charge >= 0.3 is 0 Å². The zero-order chi connectivity index (χ0) is 14.7. The van der Waals surface area contributed by atoms with Gasteiger partial charge in [-0.15, -0.1) is 12.4 Å². The van der Waals surface area contributed by atoms with E-state index in [4.69, 9.17) is 4.74 Å². The summed E-state index contributed by atoms with van der Waals surface area (Å²) in [5, 5.41) is 6.28. The topological polar surface area (TPSA) is 50.4 Å². The summed E-state index contributed by atoms with van der Waals surface area (Å²) in [4.78, 5) is 12.8. The lowest BCUT2D eigenvalue weighted by Crippen LogP contribution is -2.53. The average molecular weight is 329 g/mol. The number of nitrogens with one attached hydrogen (secondary N) is 2. The molecule has 2 aliphatic heterocycles. The lowest BCUT2D eigenvalue weighted by Gasteiger charge is -2.37. The SMILES string of the molecule is Cl.O=C(NCC1CNC1)C1(c2ccc(F)cc2)CCOCC1. The number of carbonyl (C=O) groups is 1. The maximum absolute atomic E-state index is 13.2. The lowest BCUT2D eigenvalue weighted by molar-refractivity contribution is -0.130. The fourth-order valence-electron chi connectivity index (χ4n) is 3.03. The molecule has 2 fully saturated rings. The Bertz CT molecular complexity index is 499. The van der Waals surface area contributed by atoms with Crippen LogP contribution >= 0.6 is 12.4 Å². The molecule has 122 valence electrons. The summed E-state index contributed by atoms with van der Waals surface area (Å²) in [7, 11) is 0. The van der Waals surface area contributed by atoms with Gasteiger partial charge in [0, 0.05) is 38.8 Å². The summed E-state index contributed by atoms with van der Waals surface area (Å²) in [6.45, 7) is 3.76. The Kier molecular flexibility index (Phi) is 5.78. The van der Waals surface area contributed by atoms with Crippen molar-refractivity contribution in [3.05, 3.63) is 35.6 Å². The third-order valence-corrected chi connectivity index (χ3v) is 4.60. The summed E-state index contributed by atoms with van der Waals surface area (Å²) in [6.07, 6.45) is 1.29. The van der Waals surface area contributed by atoms with Crippen LogP contribution in [0.15, 0.2) is 24.3 Å². The molecule has 0 bridgehead atoms. The Morgan fingerprint density at radius 1 is 1.27 bits per heavy atom. The van der Waals surface area contributed by atoms with Crippen LogP contribution in [0.2, 0.25) is 0 Å². The molecule has 1 aromatic carbocycles. The molecule has 2 saturated heterocycles. The van der Waals surface area contributed by atoms with Crippen molar-refractivity contribution >= 4 is 18.3 Å². The molecule has 0 radical (unpaired) electrons. The Morgan fingerprint density at radius 3 is 2.45 bits per heavy atom. The molecule has 4 nitrogen and oxygen atoms in total. The van der Waals surface area contributed by atoms with E-state index in [1.807, 2.05) is 0 Å². The first kappa shape index (κ1) is 17.2. The second-order valence-electron chi connectivity index (χ2n) is 5.94. The fraction of sp³-hybridized carbons (Fsp3) is 0.562. The van der Waals surface area contributed by atoms with Crippen molar-refractivity contribution in [2.24, 2.45) is 5.92 Å². The van der Waals surface area contributed by atoms with Gasteiger partial charge in [0.15, 0.2) is 0 Å². The van der Waals surface area contributed by atoms with Gasteiger partial charge < -0.3 is 15.4 Å². The van der Waals surface area contributed by atoms with Crippen LogP contribution in [0.4, 0.5) is 4.39 Å². The van der Waals surface area contributed by atoms with Crippen molar-refractivity contribution in [2.75, 3.05) is 32.8 Å². The first-order chi connectivity index (χ1) is 10.2. The van der Waals surface area contributed by atoms with Crippen molar-refractivity contribution < 1.29 is 13.9 Å². The third kappa shape index (κ3) is 3.42. The number of carbonyl (C=O) groups excluding carboxylic acids is 1. The van der Waals surface area contributed by atoms with Crippen LogP contribution in [-0.2, 0) is 14.9 Å². The van der Waals surface area contributed by atoms with Crippen molar-refractivity contribution in [2.45, 2.75) is 18.3 Å². The van der Waals surface area contributed by atoms with E-state index in [0.29, 0.717) is 38.5 Å². The second-order valence-corrected chi connectivity index (χ2v) is 5.94. The van der Waals surface area contributed by atoms with Gasteiger partial charge in [-0.2, -0.15) is 0 Å². The normalized spacial score (nSPS) is 20.6. The van der Waals surface area contributed by atoms with Crippen LogP contribution in [-0.4, -0.2) is 38.8 Å². The van der Waals surface area contributed by atoms with Crippen LogP contribution in [0.5, 0.6) is 0 Å². The quantitative estimate of drug-likeness (QED) is 0.883. The van der Waals surface area contributed by atoms with Crippen LogP contribution in [0.3, 0.4) is 0 Å². The average Bonchev–Trinajstić information content (AvgIpc) is 2.47. The number of hydrogen-bond donors (Lipinski definition) is 2. The Morgan fingerprint density at radius 2 is 1.91 bits per heavy atom. The minimum Gasteiger partial charge on any atom is -0.381 e. The highest BCUT2D eigenvalue weighted by Crippen LogP contribution is 2.35. The Hall–Kier alpha value is -1.17. The second kappa shape index (κ2) is 7.40. The molecule has 0 spiro atoms. The molecule has 22 heavy (non-hydrogen) atoms. The molecule has 3 rings (SSSR count). The molecule has 0 atom stereocenters. The van der Waals surface area contributed by atoms with E-state index in [2.05, 4.69) is 10.6 Å². The van der Waals surface area contributed by atoms with Crippen molar-refractivity contribution in [3.8, 4) is 0 Å². The van der Waals surface area contributed by atoms with E-state index in [-0.39, 0.29) is 24.1 Å². The van der Waals surface area contributed by atoms with E-state index < -0.39 is 5.41 Å². The number of halogens is 2. The molecule has 2 heterocycles. The van der Waals surface area contributed by atoms with Gasteiger partial charge in [-0.05, 0) is 30.5 Å². The van der Waals surface area contributed by atoms with Gasteiger partial charge in [-0.3, -0.25) is 4.79 Å². The molecule has 1 aromatic rings. The molecule has 0 saturated carbocycles. The molecule has 0 aliphatic carbocycles. The van der Waals surface area contributed by atoms with E-state index >= 15 is 0 Å². The van der Waals surface area contributed by atoms with Gasteiger partial charge in [0.25, 0.3) is 0 Å². The van der Waals surface area contributed by atoms with Gasteiger partial charge in [0.1, 0.15) is 5.82 Å². The standard InChI is InChI=1S/C16H21FN2O2.ClH/c17-14-3-1-13(2-4-14)16(5-7-21-8-6-16)15(20)19-11-12-9-18-10-12;/h1-4,12,18H,5-11H2,(H,19,20);1H. The summed E-state index contributed by atoms with van der Waals surface area (Å²) >= 11 is 0. The molecule has 0 unspecified atom stereocenters. The molecule has 2 N–H and O–H groups in total. The van der Waals surface area contributed by atoms with Gasteiger partial charge in [-0.1, -0.05) is 12.1 Å². The molecular weight excluding hydrogens is 307 g/mol. The summed E-state index contributed by atoms with van der Waals surface area (Å²) in [5.74, 6) is 0.297. The lowest BCUT2D eigenvalue weighted by atomic mass is 9.73. The highest BCUT2D eigenvalue weighted by molar-refractivity contribution is 5.88. The highest BCUT2D eigenvalue weighted by Gasteiger charge is 2.41. The number of hydrogen-bond acceptors (Lipinski definition) is 3. The first-order valence-electron chi connectivity index (χ1n) is 7.53. The number of ether oxygens (including phenoxy) is 1. The monoisotopic (exact) mass is 328 g/mol. The van der Waals surface area contributed by atoms with Gasteiger partial charge in [0.05, 0.1) is 5.41 Å². The van der Waals surface area contributed by atoms with Crippen molar-refractivity contribution in [1.29, 1.82) is 0 Å². The molecule has 1 amide bonds. The molecular formula is C16H22ClFN2O2. The zero-order valence-electron chi connectivity index (χ0n) is 12.4. The predicted molar refractivity (Wildman–Crippen MR) is 84.7 cm³/mol. The Labute approximate surface area is 136 Å². The van der Waals surface area contributed by atoms with Gasteiger partial charge in [-0.25, -0.2) is 4.39 Å². The smallest absolute Gasteiger partial charge is 0.230 e. The number of rotatable bonds is 4.